The Bertz CT molecular complexity index is 1330. The second kappa shape index (κ2) is 12.4. The fourth-order valence-corrected chi connectivity index (χ4v) is 7.11. The van der Waals surface area contributed by atoms with E-state index < -0.39 is 85.8 Å². The molecule has 14 nitrogen and oxygen atoms in total. The molecule has 0 aromatic rings. The number of likely N-dealkylation sites (tertiary alicyclic amines) is 2. The van der Waals surface area contributed by atoms with E-state index in [1.54, 1.807) is 46.4 Å². The average molecular weight is 654 g/mol. The Hall–Kier alpha value is -3.36. The van der Waals surface area contributed by atoms with Gasteiger partial charge in [0.25, 0.3) is 5.91 Å². The highest BCUT2D eigenvalue weighted by atomic mass is 32.2. The lowest BCUT2D eigenvalue weighted by molar-refractivity contribution is -0.143. The summed E-state index contributed by atoms with van der Waals surface area (Å²) in [4.78, 5) is 69.8. The lowest BCUT2D eigenvalue weighted by Gasteiger charge is -2.36. The first-order chi connectivity index (χ1) is 20.8. The molecular weight excluding hydrogens is 606 g/mol. The van der Waals surface area contributed by atoms with Crippen molar-refractivity contribution in [3.63, 3.8) is 0 Å². The van der Waals surface area contributed by atoms with Crippen LogP contribution in [0.4, 0.5) is 9.59 Å². The largest absolute Gasteiger partial charge is 0.444 e. The van der Waals surface area contributed by atoms with Gasteiger partial charge in [0.05, 0.1) is 11.8 Å². The molecule has 2 heterocycles. The molecule has 2 aliphatic heterocycles. The van der Waals surface area contributed by atoms with Crippen LogP contribution in [-0.2, 0) is 33.9 Å². The lowest BCUT2D eigenvalue weighted by atomic mass is 9.85. The highest BCUT2D eigenvalue weighted by Gasteiger charge is 2.62. The molecule has 4 fully saturated rings. The number of nitrogens with zero attached hydrogens (tertiary/aromatic N) is 2. The molecule has 5 amide bonds. The molecular formula is C30H47N5O9S. The molecule has 45 heavy (non-hydrogen) atoms. The molecule has 15 heteroatoms. The topological polar surface area (TPSA) is 181 Å². The molecule has 252 valence electrons. The van der Waals surface area contributed by atoms with Crippen LogP contribution in [0.15, 0.2) is 12.7 Å². The average Bonchev–Trinajstić information content (AvgIpc) is 3.78. The summed E-state index contributed by atoms with van der Waals surface area (Å²) in [5, 5.41) is 4.71. The van der Waals surface area contributed by atoms with Crippen LogP contribution in [0, 0.1) is 11.3 Å². The maximum atomic E-state index is 14.2. The van der Waals surface area contributed by atoms with Gasteiger partial charge in [-0.25, -0.2) is 18.0 Å². The maximum Gasteiger partial charge on any atom is 0.410 e. The van der Waals surface area contributed by atoms with Crippen molar-refractivity contribution in [1.82, 2.24) is 25.2 Å². The molecule has 5 atom stereocenters. The second-order valence-electron chi connectivity index (χ2n) is 14.6. The van der Waals surface area contributed by atoms with Crippen LogP contribution in [0.3, 0.4) is 0 Å². The first-order valence-electron chi connectivity index (χ1n) is 15.5. The van der Waals surface area contributed by atoms with Crippen molar-refractivity contribution >= 4 is 39.9 Å². The lowest BCUT2D eigenvalue weighted by Crippen LogP contribution is -2.60. The molecule has 0 spiro atoms. The summed E-state index contributed by atoms with van der Waals surface area (Å²) in [5.41, 5.74) is -3.20. The van der Waals surface area contributed by atoms with E-state index in [2.05, 4.69) is 21.9 Å². The second-order valence-corrected chi connectivity index (χ2v) is 16.5. The van der Waals surface area contributed by atoms with Gasteiger partial charge in [0.15, 0.2) is 0 Å². The summed E-state index contributed by atoms with van der Waals surface area (Å²) in [7, 11) is -3.89. The summed E-state index contributed by atoms with van der Waals surface area (Å²) in [6, 6.07) is -2.31. The number of hydrogen-bond acceptors (Lipinski definition) is 9. The number of hydrogen-bond donors (Lipinski definition) is 3. The van der Waals surface area contributed by atoms with Gasteiger partial charge in [-0.2, -0.15) is 0 Å². The van der Waals surface area contributed by atoms with Crippen molar-refractivity contribution in [3.05, 3.63) is 12.7 Å². The van der Waals surface area contributed by atoms with Gasteiger partial charge in [0.1, 0.15) is 29.3 Å². The molecule has 0 bridgehead atoms. The molecule has 4 rings (SSSR count). The van der Waals surface area contributed by atoms with E-state index in [0.29, 0.717) is 25.9 Å². The smallest absolute Gasteiger partial charge is 0.410 e. The van der Waals surface area contributed by atoms with Crippen LogP contribution < -0.4 is 15.4 Å². The minimum absolute atomic E-state index is 0.0583. The fraction of sp³-hybridized carbons (Fsp3) is 0.767. The number of amides is 5. The third kappa shape index (κ3) is 8.08. The van der Waals surface area contributed by atoms with Crippen LogP contribution in [0.25, 0.3) is 0 Å². The van der Waals surface area contributed by atoms with Gasteiger partial charge in [-0.3, -0.25) is 19.1 Å². The number of sulfonamides is 1. The van der Waals surface area contributed by atoms with Crippen molar-refractivity contribution in [2.45, 2.75) is 115 Å². The highest BCUT2D eigenvalue weighted by Crippen LogP contribution is 2.45. The van der Waals surface area contributed by atoms with E-state index in [1.165, 1.54) is 11.0 Å². The minimum Gasteiger partial charge on any atom is -0.444 e. The zero-order valence-electron chi connectivity index (χ0n) is 27.0. The van der Waals surface area contributed by atoms with Crippen LogP contribution in [0.5, 0.6) is 0 Å². The van der Waals surface area contributed by atoms with Gasteiger partial charge in [0, 0.05) is 25.4 Å². The maximum absolute atomic E-state index is 14.2. The van der Waals surface area contributed by atoms with Gasteiger partial charge < -0.3 is 29.9 Å². The molecule has 2 saturated heterocycles. The van der Waals surface area contributed by atoms with E-state index in [9.17, 15) is 32.4 Å². The Kier molecular flexibility index (Phi) is 9.54. The Morgan fingerprint density at radius 3 is 2.16 bits per heavy atom. The first kappa shape index (κ1) is 34.5. The van der Waals surface area contributed by atoms with E-state index >= 15 is 0 Å². The number of alkyl carbamates (subject to hydrolysis) is 1. The number of carbonyl (C=O) groups is 5. The van der Waals surface area contributed by atoms with Crippen molar-refractivity contribution in [1.29, 1.82) is 0 Å². The third-order valence-electron chi connectivity index (χ3n) is 8.50. The molecule has 2 aliphatic carbocycles. The van der Waals surface area contributed by atoms with Gasteiger partial charge in [-0.05, 0) is 58.3 Å². The normalized spacial score (nSPS) is 27.3. The Morgan fingerprint density at radius 1 is 1.02 bits per heavy atom. The predicted octanol–water partition coefficient (Wildman–Crippen LogP) is 1.80. The van der Waals surface area contributed by atoms with Gasteiger partial charge in [-0.1, -0.05) is 26.8 Å². The predicted molar refractivity (Wildman–Crippen MR) is 163 cm³/mol. The zero-order valence-corrected chi connectivity index (χ0v) is 27.8. The van der Waals surface area contributed by atoms with Crippen LogP contribution >= 0.6 is 0 Å². The number of ether oxygens (including phenoxy) is 2. The quantitative estimate of drug-likeness (QED) is 0.313. The zero-order chi connectivity index (χ0) is 33.5. The minimum atomic E-state index is -3.89. The van der Waals surface area contributed by atoms with Crippen LogP contribution in [0.2, 0.25) is 0 Å². The van der Waals surface area contributed by atoms with Gasteiger partial charge >= 0.3 is 12.2 Å². The van der Waals surface area contributed by atoms with Crippen LogP contribution in [-0.4, -0.2) is 102 Å². The summed E-state index contributed by atoms with van der Waals surface area (Å²) in [6.45, 7) is 15.0. The first-order valence-corrected chi connectivity index (χ1v) is 17.1. The van der Waals surface area contributed by atoms with Crippen molar-refractivity contribution in [2.24, 2.45) is 11.3 Å². The number of nitrogens with one attached hydrogen (secondary N) is 3. The van der Waals surface area contributed by atoms with E-state index in [-0.39, 0.29) is 19.4 Å². The number of carbonyl (C=O) groups excluding carboxylic acids is 5. The highest BCUT2D eigenvalue weighted by molar-refractivity contribution is 7.91. The van der Waals surface area contributed by atoms with Crippen molar-refractivity contribution in [2.75, 3.05) is 19.6 Å². The molecule has 5 unspecified atom stereocenters. The summed E-state index contributed by atoms with van der Waals surface area (Å²) in [6.07, 6.45) is 1.97. The van der Waals surface area contributed by atoms with Gasteiger partial charge in [0.2, 0.25) is 21.8 Å². The fourth-order valence-electron chi connectivity index (χ4n) is 5.75. The Labute approximate surface area is 265 Å². The molecule has 0 aromatic carbocycles. The SMILES string of the molecule is C=CC1CC1(NC(=O)C1CC(OC(=O)N2CCCC2)CN1C(=O)C(NC(=O)OC(C)(C)C)C(C)(C)C)C(=O)NS(=O)(=O)C1CC1. The molecule has 0 radical (unpaired) electrons. The summed E-state index contributed by atoms with van der Waals surface area (Å²) >= 11 is 0. The molecule has 0 aromatic heterocycles. The van der Waals surface area contributed by atoms with E-state index in [0.717, 1.165) is 12.8 Å². The Morgan fingerprint density at radius 2 is 1.64 bits per heavy atom. The van der Waals surface area contributed by atoms with E-state index in [1.807, 2.05) is 0 Å². The molecule has 3 N–H and O–H groups in total. The van der Waals surface area contributed by atoms with Crippen molar-refractivity contribution in [3.8, 4) is 0 Å². The Balaban J connectivity index is 1.58. The standard InChI is InChI=1S/C30H47N5O9S/c1-8-18-16-30(18,25(38)33-45(41,42)20-11-12-20)32-23(36)21-15-19(43-27(40)34-13-9-10-14-34)17-35(21)24(37)22(28(2,3)4)31-26(39)44-29(5,6)7/h8,18-22H,1,9-17H2,2-7H3,(H,31,39)(H,32,36)(H,33,38). The summed E-state index contributed by atoms with van der Waals surface area (Å²) < 4.78 is 38.3. The van der Waals surface area contributed by atoms with E-state index in [4.69, 9.17) is 9.47 Å². The molecule has 2 saturated carbocycles. The molecule has 4 aliphatic rings. The van der Waals surface area contributed by atoms with Gasteiger partial charge in [-0.15, -0.1) is 6.58 Å². The third-order valence-corrected chi connectivity index (χ3v) is 10.3. The van der Waals surface area contributed by atoms with Crippen LogP contribution in [0.1, 0.15) is 80.1 Å². The summed E-state index contributed by atoms with van der Waals surface area (Å²) in [5.74, 6) is -2.70. The van der Waals surface area contributed by atoms with Crippen molar-refractivity contribution < 1.29 is 41.9 Å². The number of rotatable bonds is 9. The monoisotopic (exact) mass is 653 g/mol.